The van der Waals surface area contributed by atoms with Crippen molar-refractivity contribution in [2.45, 2.75) is 31.4 Å². The summed E-state index contributed by atoms with van der Waals surface area (Å²) in [4.78, 5) is 13.2. The van der Waals surface area contributed by atoms with Crippen LogP contribution in [0.3, 0.4) is 0 Å². The van der Waals surface area contributed by atoms with Crippen LogP contribution in [0.25, 0.3) is 0 Å². The van der Waals surface area contributed by atoms with E-state index in [2.05, 4.69) is 36.5 Å². The Morgan fingerprint density at radius 3 is 1.89 bits per heavy atom. The second-order valence-corrected chi connectivity index (χ2v) is 7.35. The zero-order valence-electron chi connectivity index (χ0n) is 16.1. The van der Waals surface area contributed by atoms with Gasteiger partial charge in [-0.3, -0.25) is 4.79 Å². The standard InChI is InChI=1S/C25H25NO2/c1-19-14-16-22(17-15-19)25(20-9-4-2-5-10-20,21-11-6-3-7-12-21)28-24(27)23-13-8-18-26-23/h2-7,9-12,14-17,23,26H,8,13,18H2,1H3/t23-/m0/s1. The highest BCUT2D eigenvalue weighted by Gasteiger charge is 2.42. The topological polar surface area (TPSA) is 38.3 Å². The molecule has 1 saturated heterocycles. The first kappa shape index (κ1) is 18.5. The minimum Gasteiger partial charge on any atom is -0.443 e. The van der Waals surface area contributed by atoms with Gasteiger partial charge in [-0.05, 0) is 26.3 Å². The van der Waals surface area contributed by atoms with Crippen LogP contribution in [0.15, 0.2) is 84.9 Å². The number of carbonyl (C=O) groups excluding carboxylic acids is 1. The van der Waals surface area contributed by atoms with E-state index in [1.54, 1.807) is 0 Å². The van der Waals surface area contributed by atoms with E-state index in [9.17, 15) is 4.79 Å². The first-order chi connectivity index (χ1) is 13.7. The van der Waals surface area contributed by atoms with Gasteiger partial charge in [-0.2, -0.15) is 0 Å². The Balaban J connectivity index is 1.91. The van der Waals surface area contributed by atoms with Crippen LogP contribution in [0.2, 0.25) is 0 Å². The summed E-state index contributed by atoms with van der Waals surface area (Å²) in [5.74, 6) is -0.203. The Kier molecular flexibility index (Phi) is 5.27. The second kappa shape index (κ2) is 7.99. The predicted octanol–water partition coefficient (Wildman–Crippen LogP) is 4.58. The van der Waals surface area contributed by atoms with Crippen molar-refractivity contribution in [3.05, 3.63) is 107 Å². The third kappa shape index (κ3) is 3.46. The van der Waals surface area contributed by atoms with Crippen molar-refractivity contribution in [1.29, 1.82) is 0 Å². The lowest BCUT2D eigenvalue weighted by molar-refractivity contribution is -0.155. The maximum atomic E-state index is 13.2. The summed E-state index contributed by atoms with van der Waals surface area (Å²) in [7, 11) is 0. The molecule has 1 aliphatic heterocycles. The Morgan fingerprint density at radius 2 is 1.39 bits per heavy atom. The van der Waals surface area contributed by atoms with Gasteiger partial charge in [0.25, 0.3) is 0 Å². The number of hydrogen-bond donors (Lipinski definition) is 1. The van der Waals surface area contributed by atoms with Crippen molar-refractivity contribution in [3.63, 3.8) is 0 Å². The average Bonchev–Trinajstić information content (AvgIpc) is 3.29. The summed E-state index contributed by atoms with van der Waals surface area (Å²) in [6, 6.07) is 28.0. The van der Waals surface area contributed by atoms with Gasteiger partial charge >= 0.3 is 5.97 Å². The highest BCUT2D eigenvalue weighted by atomic mass is 16.6. The molecule has 1 fully saturated rings. The molecule has 0 spiro atoms. The molecule has 4 rings (SSSR count). The van der Waals surface area contributed by atoms with Gasteiger partial charge in [-0.1, -0.05) is 90.5 Å². The Hall–Kier alpha value is -2.91. The van der Waals surface area contributed by atoms with Gasteiger partial charge in [0.2, 0.25) is 0 Å². The maximum absolute atomic E-state index is 13.2. The van der Waals surface area contributed by atoms with Gasteiger partial charge in [0.1, 0.15) is 6.04 Å². The van der Waals surface area contributed by atoms with Crippen molar-refractivity contribution in [3.8, 4) is 0 Å². The van der Waals surface area contributed by atoms with Crippen LogP contribution < -0.4 is 5.32 Å². The molecule has 0 unspecified atom stereocenters. The molecule has 1 N–H and O–H groups in total. The fraction of sp³-hybridized carbons (Fsp3) is 0.240. The first-order valence-electron chi connectivity index (χ1n) is 9.84. The van der Waals surface area contributed by atoms with Gasteiger partial charge in [0.05, 0.1) is 0 Å². The molecule has 3 nitrogen and oxygen atoms in total. The Bertz CT molecular complexity index is 874. The molecule has 0 saturated carbocycles. The lowest BCUT2D eigenvalue weighted by atomic mass is 9.79. The molecule has 1 aliphatic rings. The van der Waals surface area contributed by atoms with Crippen molar-refractivity contribution in [2.24, 2.45) is 0 Å². The van der Waals surface area contributed by atoms with E-state index in [0.29, 0.717) is 0 Å². The summed E-state index contributed by atoms with van der Waals surface area (Å²) in [5.41, 5.74) is 3.01. The van der Waals surface area contributed by atoms with Crippen LogP contribution in [0.4, 0.5) is 0 Å². The van der Waals surface area contributed by atoms with E-state index < -0.39 is 5.60 Å². The largest absolute Gasteiger partial charge is 0.443 e. The van der Waals surface area contributed by atoms with Crippen molar-refractivity contribution >= 4 is 5.97 Å². The molecule has 0 radical (unpaired) electrons. The van der Waals surface area contributed by atoms with E-state index in [4.69, 9.17) is 4.74 Å². The molecule has 0 bridgehead atoms. The third-order valence-electron chi connectivity index (χ3n) is 5.42. The van der Waals surface area contributed by atoms with E-state index in [1.165, 1.54) is 5.56 Å². The van der Waals surface area contributed by atoms with E-state index in [-0.39, 0.29) is 12.0 Å². The van der Waals surface area contributed by atoms with Crippen molar-refractivity contribution in [2.75, 3.05) is 6.54 Å². The van der Waals surface area contributed by atoms with Gasteiger partial charge < -0.3 is 10.1 Å². The number of esters is 1. The van der Waals surface area contributed by atoms with Crippen LogP contribution in [-0.4, -0.2) is 18.6 Å². The number of nitrogens with one attached hydrogen (secondary N) is 1. The Morgan fingerprint density at radius 1 is 0.857 bits per heavy atom. The lowest BCUT2D eigenvalue weighted by Gasteiger charge is -2.36. The lowest BCUT2D eigenvalue weighted by Crippen LogP contribution is -2.41. The molecule has 0 aliphatic carbocycles. The van der Waals surface area contributed by atoms with E-state index >= 15 is 0 Å². The van der Waals surface area contributed by atoms with E-state index in [1.807, 2.05) is 60.7 Å². The van der Waals surface area contributed by atoms with Gasteiger partial charge in [-0.25, -0.2) is 0 Å². The molecule has 1 atom stereocenters. The number of benzene rings is 3. The van der Waals surface area contributed by atoms with Gasteiger partial charge in [0.15, 0.2) is 5.60 Å². The zero-order chi connectivity index (χ0) is 19.4. The number of rotatable bonds is 5. The summed E-state index contributed by atoms with van der Waals surface area (Å²) in [5, 5.41) is 3.27. The van der Waals surface area contributed by atoms with Crippen LogP contribution in [0.1, 0.15) is 35.1 Å². The van der Waals surface area contributed by atoms with Crippen molar-refractivity contribution < 1.29 is 9.53 Å². The highest BCUT2D eigenvalue weighted by Crippen LogP contribution is 2.41. The minimum absolute atomic E-state index is 0.203. The zero-order valence-corrected chi connectivity index (χ0v) is 16.1. The Labute approximate surface area is 166 Å². The maximum Gasteiger partial charge on any atom is 0.324 e. The van der Waals surface area contributed by atoms with E-state index in [0.717, 1.165) is 36.1 Å². The number of carbonyl (C=O) groups is 1. The molecule has 0 aromatic heterocycles. The molecular weight excluding hydrogens is 346 g/mol. The fourth-order valence-corrected chi connectivity index (χ4v) is 3.92. The summed E-state index contributed by atoms with van der Waals surface area (Å²) in [6.07, 6.45) is 1.81. The third-order valence-corrected chi connectivity index (χ3v) is 5.42. The summed E-state index contributed by atoms with van der Waals surface area (Å²) < 4.78 is 6.42. The van der Waals surface area contributed by atoms with Crippen LogP contribution in [0, 0.1) is 6.92 Å². The number of hydrogen-bond acceptors (Lipinski definition) is 3. The number of aryl methyl sites for hydroxylation is 1. The van der Waals surface area contributed by atoms with Gasteiger partial charge in [0, 0.05) is 16.7 Å². The smallest absolute Gasteiger partial charge is 0.324 e. The number of ether oxygens (including phenoxy) is 1. The second-order valence-electron chi connectivity index (χ2n) is 7.35. The molecule has 0 amide bonds. The quantitative estimate of drug-likeness (QED) is 0.527. The minimum atomic E-state index is -0.989. The first-order valence-corrected chi connectivity index (χ1v) is 9.84. The normalized spacial score (nSPS) is 16.7. The van der Waals surface area contributed by atoms with Gasteiger partial charge in [-0.15, -0.1) is 0 Å². The molecule has 28 heavy (non-hydrogen) atoms. The van der Waals surface area contributed by atoms with Crippen LogP contribution in [-0.2, 0) is 15.1 Å². The molecular formula is C25H25NO2. The van der Waals surface area contributed by atoms with Crippen molar-refractivity contribution in [1.82, 2.24) is 5.32 Å². The predicted molar refractivity (Wildman–Crippen MR) is 111 cm³/mol. The van der Waals surface area contributed by atoms with Crippen LogP contribution >= 0.6 is 0 Å². The monoisotopic (exact) mass is 371 g/mol. The molecule has 3 aromatic rings. The molecule has 1 heterocycles. The molecule has 142 valence electrons. The molecule has 3 heteroatoms. The molecule has 3 aromatic carbocycles. The highest BCUT2D eigenvalue weighted by molar-refractivity contribution is 5.78. The summed E-state index contributed by atoms with van der Waals surface area (Å²) in [6.45, 7) is 2.92. The van der Waals surface area contributed by atoms with Crippen LogP contribution in [0.5, 0.6) is 0 Å². The fourth-order valence-electron chi connectivity index (χ4n) is 3.92. The summed E-state index contributed by atoms with van der Waals surface area (Å²) >= 11 is 0. The SMILES string of the molecule is Cc1ccc(C(OC(=O)[C@@H]2CCCN2)(c2ccccc2)c2ccccc2)cc1. The average molecular weight is 371 g/mol.